The van der Waals surface area contributed by atoms with E-state index in [0.29, 0.717) is 11.7 Å². The Morgan fingerprint density at radius 3 is 2.59 bits per heavy atom. The highest BCUT2D eigenvalue weighted by molar-refractivity contribution is 5.87. The molecule has 0 bridgehead atoms. The molecule has 2 heteroatoms. The molecular formula is C20H32O2. The van der Waals surface area contributed by atoms with Gasteiger partial charge in [-0.15, -0.1) is 0 Å². The lowest BCUT2D eigenvalue weighted by molar-refractivity contribution is -0.132. The molecule has 0 amide bonds. The minimum absolute atomic E-state index is 0.0181. The summed E-state index contributed by atoms with van der Waals surface area (Å²) in [5.74, 6) is 4.43. The van der Waals surface area contributed by atoms with Gasteiger partial charge in [0.1, 0.15) is 5.78 Å². The lowest BCUT2D eigenvalue weighted by atomic mass is 9.51. The number of carbonyl (C=O) groups excluding carboxylic acids is 1. The second-order valence-electron chi connectivity index (χ2n) is 9.45. The van der Waals surface area contributed by atoms with E-state index in [2.05, 4.69) is 13.8 Å². The van der Waals surface area contributed by atoms with Crippen molar-refractivity contribution >= 4 is 5.78 Å². The molecule has 0 radical (unpaired) electrons. The van der Waals surface area contributed by atoms with Crippen molar-refractivity contribution in [1.82, 2.24) is 0 Å². The first kappa shape index (κ1) is 15.2. The zero-order valence-corrected chi connectivity index (χ0v) is 14.3. The van der Waals surface area contributed by atoms with E-state index in [9.17, 15) is 9.90 Å². The summed E-state index contributed by atoms with van der Waals surface area (Å²) < 4.78 is 0. The zero-order chi connectivity index (χ0) is 15.5. The molecule has 0 aliphatic heterocycles. The second-order valence-corrected chi connectivity index (χ2v) is 9.45. The lowest BCUT2D eigenvalue weighted by Crippen LogP contribution is -2.47. The fourth-order valence-electron chi connectivity index (χ4n) is 7.09. The largest absolute Gasteiger partial charge is 0.390 e. The van der Waals surface area contributed by atoms with Crippen LogP contribution < -0.4 is 0 Å². The smallest absolute Gasteiger partial charge is 0.139 e. The molecule has 4 aliphatic rings. The molecule has 1 N–H and O–H groups in total. The Morgan fingerprint density at radius 1 is 0.955 bits per heavy atom. The Bertz CT molecular complexity index is 468. The third-order valence-electron chi connectivity index (χ3n) is 8.18. The monoisotopic (exact) mass is 304 g/mol. The predicted molar refractivity (Wildman–Crippen MR) is 87.4 cm³/mol. The molecular weight excluding hydrogens is 272 g/mol. The number of aliphatic hydroxyl groups is 1. The minimum atomic E-state index is -0.432. The van der Waals surface area contributed by atoms with Gasteiger partial charge < -0.3 is 5.11 Å². The highest BCUT2D eigenvalue weighted by Gasteiger charge is 2.56. The van der Waals surface area contributed by atoms with Gasteiger partial charge in [0.25, 0.3) is 0 Å². The number of Topliss-reactive ketones (excluding diaryl/α,β-unsaturated/α-hetero) is 1. The molecule has 22 heavy (non-hydrogen) atoms. The molecule has 4 saturated carbocycles. The van der Waals surface area contributed by atoms with Crippen molar-refractivity contribution < 1.29 is 9.90 Å². The van der Waals surface area contributed by atoms with Crippen LogP contribution in [0.15, 0.2) is 0 Å². The maximum atomic E-state index is 12.4. The highest BCUT2D eigenvalue weighted by Crippen LogP contribution is 2.61. The first-order chi connectivity index (χ1) is 10.4. The van der Waals surface area contributed by atoms with Gasteiger partial charge in [0.05, 0.1) is 5.60 Å². The Labute approximate surface area is 135 Å². The molecule has 4 fully saturated rings. The number of rotatable bonds is 0. The highest BCUT2D eigenvalue weighted by atomic mass is 16.3. The Kier molecular flexibility index (Phi) is 3.49. The first-order valence-corrected chi connectivity index (χ1v) is 9.66. The molecule has 2 nitrogen and oxygen atoms in total. The third kappa shape index (κ3) is 2.20. The molecule has 0 aromatic rings. The van der Waals surface area contributed by atoms with Gasteiger partial charge in [-0.3, -0.25) is 4.79 Å². The molecule has 0 spiro atoms. The molecule has 0 saturated heterocycles. The molecule has 124 valence electrons. The van der Waals surface area contributed by atoms with Gasteiger partial charge in [-0.2, -0.15) is 0 Å². The van der Waals surface area contributed by atoms with E-state index in [1.807, 2.05) is 0 Å². The fourth-order valence-corrected chi connectivity index (χ4v) is 7.09. The third-order valence-corrected chi connectivity index (χ3v) is 8.18. The molecule has 0 aromatic heterocycles. The summed E-state index contributed by atoms with van der Waals surface area (Å²) in [5, 5.41) is 10.6. The van der Waals surface area contributed by atoms with Gasteiger partial charge in [0.15, 0.2) is 0 Å². The van der Waals surface area contributed by atoms with E-state index in [-0.39, 0.29) is 5.41 Å². The van der Waals surface area contributed by atoms with Crippen molar-refractivity contribution in [2.75, 3.05) is 0 Å². The molecule has 0 unspecified atom stereocenters. The van der Waals surface area contributed by atoms with Gasteiger partial charge in [-0.05, 0) is 87.9 Å². The quantitative estimate of drug-likeness (QED) is 0.722. The number of carbonyl (C=O) groups is 1. The van der Waals surface area contributed by atoms with Crippen molar-refractivity contribution in [3.63, 3.8) is 0 Å². The standard InChI is InChI=1S/C20H32O2/c1-19(22)10-3-4-14-13(12-19)5-6-16-15(14)9-11-20(2)17(16)7-8-18(20)21/h13-17,22H,3-12H2,1-2H3/t13-,14+,15-,16-,17+,19-,20+/m1/s1. The summed E-state index contributed by atoms with van der Waals surface area (Å²) in [4.78, 5) is 12.4. The molecule has 4 rings (SSSR count). The van der Waals surface area contributed by atoms with Crippen molar-refractivity contribution in [3.8, 4) is 0 Å². The number of hydrogen-bond donors (Lipinski definition) is 1. The summed E-state index contributed by atoms with van der Waals surface area (Å²) in [6, 6.07) is 0. The van der Waals surface area contributed by atoms with Crippen LogP contribution in [0.2, 0.25) is 0 Å². The van der Waals surface area contributed by atoms with Crippen molar-refractivity contribution in [2.45, 2.75) is 83.7 Å². The fraction of sp³-hybridized carbons (Fsp3) is 0.950. The van der Waals surface area contributed by atoms with Gasteiger partial charge >= 0.3 is 0 Å². The average Bonchev–Trinajstić information content (AvgIpc) is 2.66. The average molecular weight is 304 g/mol. The zero-order valence-electron chi connectivity index (χ0n) is 14.3. The summed E-state index contributed by atoms with van der Waals surface area (Å²) >= 11 is 0. The van der Waals surface area contributed by atoms with Crippen LogP contribution in [0.1, 0.15) is 78.1 Å². The van der Waals surface area contributed by atoms with Crippen LogP contribution in [0, 0.1) is 35.0 Å². The van der Waals surface area contributed by atoms with Crippen LogP contribution in [0.25, 0.3) is 0 Å². The maximum Gasteiger partial charge on any atom is 0.139 e. The SMILES string of the molecule is C[C@@]1(O)CCC[C@H]2[C@H](CC[C@@H]3[C@@H]2CC[C@]2(C)C(=O)CC[C@@H]32)C1. The van der Waals surface area contributed by atoms with Crippen molar-refractivity contribution in [1.29, 1.82) is 0 Å². The first-order valence-electron chi connectivity index (χ1n) is 9.66. The van der Waals surface area contributed by atoms with Crippen molar-refractivity contribution in [2.24, 2.45) is 35.0 Å². The van der Waals surface area contributed by atoms with Crippen LogP contribution >= 0.6 is 0 Å². The maximum absolute atomic E-state index is 12.4. The Balaban J connectivity index is 1.58. The Morgan fingerprint density at radius 2 is 1.77 bits per heavy atom. The molecule has 0 aromatic carbocycles. The van der Waals surface area contributed by atoms with Gasteiger partial charge in [-0.1, -0.05) is 13.3 Å². The number of hydrogen-bond acceptors (Lipinski definition) is 2. The topological polar surface area (TPSA) is 37.3 Å². The van der Waals surface area contributed by atoms with Crippen LogP contribution in [-0.4, -0.2) is 16.5 Å². The van der Waals surface area contributed by atoms with Crippen LogP contribution in [0.4, 0.5) is 0 Å². The van der Waals surface area contributed by atoms with E-state index in [0.717, 1.165) is 55.8 Å². The summed E-state index contributed by atoms with van der Waals surface area (Å²) in [7, 11) is 0. The number of fused-ring (bicyclic) bond motifs is 5. The van der Waals surface area contributed by atoms with E-state index >= 15 is 0 Å². The molecule has 7 atom stereocenters. The van der Waals surface area contributed by atoms with Gasteiger partial charge in [0.2, 0.25) is 0 Å². The van der Waals surface area contributed by atoms with Gasteiger partial charge in [-0.25, -0.2) is 0 Å². The van der Waals surface area contributed by atoms with E-state index < -0.39 is 5.60 Å². The van der Waals surface area contributed by atoms with E-state index in [1.165, 1.54) is 32.1 Å². The summed E-state index contributed by atoms with van der Waals surface area (Å²) in [6.07, 6.45) is 11.5. The summed E-state index contributed by atoms with van der Waals surface area (Å²) in [5.41, 5.74) is -0.414. The summed E-state index contributed by atoms with van der Waals surface area (Å²) in [6.45, 7) is 4.32. The van der Waals surface area contributed by atoms with Crippen molar-refractivity contribution in [3.05, 3.63) is 0 Å². The number of ketones is 1. The van der Waals surface area contributed by atoms with Crippen LogP contribution in [0.3, 0.4) is 0 Å². The minimum Gasteiger partial charge on any atom is -0.390 e. The lowest BCUT2D eigenvalue weighted by Gasteiger charge is -2.53. The molecule has 4 aliphatic carbocycles. The normalized spacial score (nSPS) is 55.0. The van der Waals surface area contributed by atoms with E-state index in [4.69, 9.17) is 0 Å². The van der Waals surface area contributed by atoms with E-state index in [1.54, 1.807) is 0 Å². The van der Waals surface area contributed by atoms with Crippen LogP contribution in [0.5, 0.6) is 0 Å². The predicted octanol–water partition coefficient (Wildman–Crippen LogP) is 4.35. The molecule has 0 heterocycles. The van der Waals surface area contributed by atoms with Gasteiger partial charge in [0, 0.05) is 11.8 Å². The van der Waals surface area contributed by atoms with Crippen LogP contribution in [-0.2, 0) is 4.79 Å². The second kappa shape index (κ2) is 5.06. The Hall–Kier alpha value is -0.370.